The first-order valence-corrected chi connectivity index (χ1v) is 17.4. The number of carbonyl (C=O) groups is 2. The van der Waals surface area contributed by atoms with Crippen LogP contribution >= 0.6 is 0 Å². The van der Waals surface area contributed by atoms with Gasteiger partial charge in [-0.25, -0.2) is 0 Å². The van der Waals surface area contributed by atoms with E-state index < -0.39 is 0 Å². The standard InChI is InChI=1S/C40H49N3O8/c1-25-27(39(50)35-29(37(25)48)15-9-17-31(35)44)13-5-3-7-19-33(46)42-23-11-21-41-22-12-24-43-34(47)20-8-4-6-14-28-26(2)38(49)30-16-10-18-32(45)36(30)40(28)51/h5-6,9-10,13-18,41,44-45,48-51H,3-4,7-8,11-12,19-24H2,1-2H3,(H,42,46)(H,43,47)/b13-5+,14-6+. The molecule has 2 amide bonds. The number of phenolic OH excluding ortho intramolecular Hbond substituents is 6. The highest BCUT2D eigenvalue weighted by molar-refractivity contribution is 6.02. The molecule has 0 saturated carbocycles. The summed E-state index contributed by atoms with van der Waals surface area (Å²) in [4.78, 5) is 24.4. The zero-order valence-electron chi connectivity index (χ0n) is 29.3. The fraction of sp³-hybridized carbons (Fsp3) is 0.350. The topological polar surface area (TPSA) is 192 Å². The molecule has 0 fully saturated rings. The summed E-state index contributed by atoms with van der Waals surface area (Å²) in [6.45, 7) is 6.00. The third-order valence-electron chi connectivity index (χ3n) is 8.92. The summed E-state index contributed by atoms with van der Waals surface area (Å²) in [7, 11) is 0. The zero-order valence-corrected chi connectivity index (χ0v) is 29.3. The molecule has 0 bridgehead atoms. The van der Waals surface area contributed by atoms with Gasteiger partial charge in [0, 0.05) is 59.0 Å². The molecule has 0 spiro atoms. The third-order valence-corrected chi connectivity index (χ3v) is 8.92. The van der Waals surface area contributed by atoms with Crippen molar-refractivity contribution in [3.63, 3.8) is 0 Å². The minimum atomic E-state index is -0.107. The van der Waals surface area contributed by atoms with Crippen LogP contribution < -0.4 is 16.0 Å². The van der Waals surface area contributed by atoms with Crippen molar-refractivity contribution in [2.24, 2.45) is 0 Å². The Kier molecular flexibility index (Phi) is 14.0. The van der Waals surface area contributed by atoms with Crippen LogP contribution in [0.1, 0.15) is 73.6 Å². The Balaban J connectivity index is 1.01. The Morgan fingerprint density at radius 3 is 1.39 bits per heavy atom. The molecule has 51 heavy (non-hydrogen) atoms. The van der Waals surface area contributed by atoms with Crippen LogP contribution in [0.15, 0.2) is 48.6 Å². The molecule has 0 aliphatic carbocycles. The average molecular weight is 700 g/mol. The SMILES string of the molecule is Cc1c(/C=C/CCCC(=O)NCCCNCCCNC(=O)CCC/C=C/c2c(C)c(O)c3cccc(O)c3c2O)c(O)c2c(O)cccc2c1O. The largest absolute Gasteiger partial charge is 0.507 e. The number of hydrogen-bond donors (Lipinski definition) is 9. The number of phenols is 6. The molecule has 0 aliphatic heterocycles. The van der Waals surface area contributed by atoms with E-state index >= 15 is 0 Å². The van der Waals surface area contributed by atoms with Crippen LogP contribution in [0.4, 0.5) is 0 Å². The molecule has 11 heteroatoms. The molecule has 272 valence electrons. The molecule has 0 radical (unpaired) electrons. The van der Waals surface area contributed by atoms with Gasteiger partial charge < -0.3 is 46.6 Å². The van der Waals surface area contributed by atoms with E-state index in [9.17, 15) is 40.2 Å². The lowest BCUT2D eigenvalue weighted by Gasteiger charge is -2.12. The van der Waals surface area contributed by atoms with Crippen LogP contribution in [-0.4, -0.2) is 68.6 Å². The Morgan fingerprint density at radius 2 is 0.980 bits per heavy atom. The average Bonchev–Trinajstić information content (AvgIpc) is 3.11. The number of hydrogen-bond acceptors (Lipinski definition) is 9. The number of amides is 2. The molecule has 0 atom stereocenters. The molecule has 0 unspecified atom stereocenters. The van der Waals surface area contributed by atoms with Gasteiger partial charge >= 0.3 is 0 Å². The van der Waals surface area contributed by atoms with Crippen LogP contribution in [-0.2, 0) is 9.59 Å². The minimum absolute atomic E-state index is 0.0102. The predicted octanol–water partition coefficient (Wildman–Crippen LogP) is 6.51. The van der Waals surface area contributed by atoms with E-state index in [1.807, 2.05) is 12.2 Å². The summed E-state index contributed by atoms with van der Waals surface area (Å²) in [5.41, 5.74) is 1.89. The van der Waals surface area contributed by atoms with Gasteiger partial charge in [-0.15, -0.1) is 0 Å². The molecule has 4 aromatic carbocycles. The van der Waals surface area contributed by atoms with E-state index in [0.717, 1.165) is 25.9 Å². The first-order valence-electron chi connectivity index (χ1n) is 17.4. The quantitative estimate of drug-likeness (QED) is 0.0411. The Bertz CT molecular complexity index is 1780. The highest BCUT2D eigenvalue weighted by Gasteiger charge is 2.18. The Labute approximate surface area is 298 Å². The first kappa shape index (κ1) is 38.4. The highest BCUT2D eigenvalue weighted by atomic mass is 16.3. The number of aromatic hydroxyl groups is 6. The van der Waals surface area contributed by atoms with Gasteiger partial charge in [-0.3, -0.25) is 9.59 Å². The van der Waals surface area contributed by atoms with Crippen LogP contribution in [0.2, 0.25) is 0 Å². The molecule has 9 N–H and O–H groups in total. The van der Waals surface area contributed by atoms with Crippen molar-refractivity contribution in [1.29, 1.82) is 0 Å². The van der Waals surface area contributed by atoms with Gasteiger partial charge in [0.2, 0.25) is 11.8 Å². The Hall–Kier alpha value is -5.42. The summed E-state index contributed by atoms with van der Waals surface area (Å²) in [6, 6.07) is 9.41. The number of fused-ring (bicyclic) bond motifs is 2. The van der Waals surface area contributed by atoms with Gasteiger partial charge in [-0.1, -0.05) is 48.6 Å². The van der Waals surface area contributed by atoms with Crippen molar-refractivity contribution in [3.8, 4) is 34.5 Å². The van der Waals surface area contributed by atoms with Crippen molar-refractivity contribution in [2.75, 3.05) is 26.2 Å². The molecular formula is C40H49N3O8. The van der Waals surface area contributed by atoms with Crippen LogP contribution in [0.5, 0.6) is 34.5 Å². The molecule has 4 rings (SSSR count). The van der Waals surface area contributed by atoms with Crippen molar-refractivity contribution in [3.05, 3.63) is 70.8 Å². The minimum Gasteiger partial charge on any atom is -0.507 e. The molecule has 0 aromatic heterocycles. The maximum absolute atomic E-state index is 12.2. The van der Waals surface area contributed by atoms with Crippen LogP contribution in [0.25, 0.3) is 33.7 Å². The van der Waals surface area contributed by atoms with E-state index in [1.165, 1.54) is 12.1 Å². The predicted molar refractivity (Wildman–Crippen MR) is 201 cm³/mol. The highest BCUT2D eigenvalue weighted by Crippen LogP contribution is 2.45. The second kappa shape index (κ2) is 18.5. The summed E-state index contributed by atoms with van der Waals surface area (Å²) in [5, 5.41) is 73.1. The fourth-order valence-corrected chi connectivity index (χ4v) is 6.01. The summed E-state index contributed by atoms with van der Waals surface area (Å²) in [6.07, 6.45) is 11.8. The van der Waals surface area contributed by atoms with Gasteiger partial charge in [-0.2, -0.15) is 0 Å². The molecular weight excluding hydrogens is 650 g/mol. The van der Waals surface area contributed by atoms with E-state index in [4.69, 9.17) is 0 Å². The second-order valence-electron chi connectivity index (χ2n) is 12.6. The van der Waals surface area contributed by atoms with Crippen molar-refractivity contribution < 1.29 is 40.2 Å². The summed E-state index contributed by atoms with van der Waals surface area (Å²) < 4.78 is 0. The normalized spacial score (nSPS) is 11.6. The summed E-state index contributed by atoms with van der Waals surface area (Å²) in [5.74, 6) is -0.442. The van der Waals surface area contributed by atoms with Gasteiger partial charge in [0.05, 0.1) is 10.8 Å². The maximum Gasteiger partial charge on any atom is 0.220 e. The van der Waals surface area contributed by atoms with E-state index in [2.05, 4.69) is 16.0 Å². The fourth-order valence-electron chi connectivity index (χ4n) is 6.01. The van der Waals surface area contributed by atoms with Gasteiger partial charge in [0.1, 0.15) is 34.5 Å². The number of benzene rings is 4. The van der Waals surface area contributed by atoms with Crippen molar-refractivity contribution in [2.45, 2.75) is 65.2 Å². The molecule has 0 heterocycles. The van der Waals surface area contributed by atoms with Crippen molar-refractivity contribution in [1.82, 2.24) is 16.0 Å². The van der Waals surface area contributed by atoms with E-state index in [1.54, 1.807) is 50.3 Å². The zero-order chi connectivity index (χ0) is 36.9. The smallest absolute Gasteiger partial charge is 0.220 e. The van der Waals surface area contributed by atoms with Gasteiger partial charge in [0.15, 0.2) is 0 Å². The van der Waals surface area contributed by atoms with Gasteiger partial charge in [0.25, 0.3) is 0 Å². The van der Waals surface area contributed by atoms with Gasteiger partial charge in [-0.05, 0) is 77.6 Å². The third kappa shape index (κ3) is 9.85. The van der Waals surface area contributed by atoms with Crippen molar-refractivity contribution >= 4 is 45.5 Å². The molecule has 0 aliphatic rings. The number of carbonyl (C=O) groups excluding carboxylic acids is 2. The summed E-state index contributed by atoms with van der Waals surface area (Å²) >= 11 is 0. The lowest BCUT2D eigenvalue weighted by Crippen LogP contribution is -2.29. The number of rotatable bonds is 18. The molecule has 11 nitrogen and oxygen atoms in total. The first-order chi connectivity index (χ1) is 24.5. The number of unbranched alkanes of at least 4 members (excludes halogenated alkanes) is 2. The monoisotopic (exact) mass is 699 g/mol. The van der Waals surface area contributed by atoms with Crippen LogP contribution in [0.3, 0.4) is 0 Å². The number of nitrogens with one attached hydrogen (secondary N) is 3. The molecule has 4 aromatic rings. The maximum atomic E-state index is 12.2. The Morgan fingerprint density at radius 1 is 0.569 bits per heavy atom. The number of allylic oxidation sites excluding steroid dienone is 2. The molecule has 0 saturated heterocycles. The lowest BCUT2D eigenvalue weighted by molar-refractivity contribution is -0.122. The second-order valence-corrected chi connectivity index (χ2v) is 12.6. The van der Waals surface area contributed by atoms with Crippen LogP contribution in [0, 0.1) is 13.8 Å². The van der Waals surface area contributed by atoms with E-state index in [-0.39, 0.29) is 57.1 Å². The van der Waals surface area contributed by atoms with E-state index in [0.29, 0.717) is 84.6 Å². The lowest BCUT2D eigenvalue weighted by atomic mass is 9.97.